The highest BCUT2D eigenvalue weighted by Crippen LogP contribution is 2.15. The molecule has 3 aromatic rings. The molecule has 1 N–H and O–H groups in total. The zero-order valence-electron chi connectivity index (χ0n) is 14.5. The van der Waals surface area contributed by atoms with Gasteiger partial charge < -0.3 is 10.1 Å². The van der Waals surface area contributed by atoms with E-state index in [0.29, 0.717) is 12.2 Å². The van der Waals surface area contributed by atoms with Crippen LogP contribution in [0.4, 0.5) is 11.4 Å². The molecule has 0 atom stereocenters. The second-order valence-corrected chi connectivity index (χ2v) is 5.72. The molecule has 3 rings (SSSR count). The van der Waals surface area contributed by atoms with Crippen LogP contribution in [0.5, 0.6) is 0 Å². The number of hydrogen-bond acceptors (Lipinski definition) is 7. The average molecular weight is 381 g/mol. The van der Waals surface area contributed by atoms with E-state index in [-0.39, 0.29) is 11.4 Å². The Morgan fingerprint density at radius 2 is 1.82 bits per heavy atom. The van der Waals surface area contributed by atoms with Gasteiger partial charge in [-0.05, 0) is 17.7 Å². The van der Waals surface area contributed by atoms with Gasteiger partial charge in [0.1, 0.15) is 0 Å². The lowest BCUT2D eigenvalue weighted by atomic mass is 10.2. The second kappa shape index (κ2) is 8.54. The van der Waals surface area contributed by atoms with E-state index in [1.165, 1.54) is 35.1 Å². The number of nitrogens with one attached hydrogen (secondary N) is 1. The van der Waals surface area contributed by atoms with Crippen LogP contribution in [0.15, 0.2) is 60.8 Å². The van der Waals surface area contributed by atoms with Gasteiger partial charge in [-0.2, -0.15) is 0 Å². The van der Waals surface area contributed by atoms with Crippen LogP contribution in [0.25, 0.3) is 0 Å². The number of nitro groups is 1. The monoisotopic (exact) mass is 381 g/mol. The summed E-state index contributed by atoms with van der Waals surface area (Å²) in [6, 6.07) is 14.8. The molecule has 0 unspecified atom stereocenters. The lowest BCUT2D eigenvalue weighted by Gasteiger charge is -2.05. The second-order valence-electron chi connectivity index (χ2n) is 5.72. The summed E-state index contributed by atoms with van der Waals surface area (Å²) in [6.07, 6.45) is 1.43. The maximum Gasteiger partial charge on any atom is 0.361 e. The zero-order valence-corrected chi connectivity index (χ0v) is 14.5. The summed E-state index contributed by atoms with van der Waals surface area (Å²) >= 11 is 0. The highest BCUT2D eigenvalue weighted by atomic mass is 16.6. The molecule has 0 aliphatic carbocycles. The number of anilines is 1. The van der Waals surface area contributed by atoms with Gasteiger partial charge in [0, 0.05) is 17.8 Å². The van der Waals surface area contributed by atoms with Gasteiger partial charge in [0.05, 0.1) is 17.7 Å². The SMILES string of the molecule is O=C(COC(=O)c1cn(Cc2ccccc2)nn1)Nc1ccc([N+](=O)[O-])cc1. The van der Waals surface area contributed by atoms with Crippen LogP contribution in [-0.2, 0) is 16.1 Å². The number of carbonyl (C=O) groups is 2. The Bertz CT molecular complexity index is 985. The number of benzene rings is 2. The molecule has 1 amide bonds. The van der Waals surface area contributed by atoms with Crippen LogP contribution in [0.3, 0.4) is 0 Å². The van der Waals surface area contributed by atoms with Crippen molar-refractivity contribution in [3.05, 3.63) is 82.2 Å². The Morgan fingerprint density at radius 3 is 2.50 bits per heavy atom. The van der Waals surface area contributed by atoms with Gasteiger partial charge in [0.15, 0.2) is 12.3 Å². The predicted molar refractivity (Wildman–Crippen MR) is 97.6 cm³/mol. The van der Waals surface area contributed by atoms with Crippen LogP contribution >= 0.6 is 0 Å². The van der Waals surface area contributed by atoms with Gasteiger partial charge in [-0.25, -0.2) is 9.48 Å². The van der Waals surface area contributed by atoms with Gasteiger partial charge in [0.25, 0.3) is 11.6 Å². The Labute approximate surface area is 158 Å². The van der Waals surface area contributed by atoms with E-state index in [0.717, 1.165) is 5.56 Å². The molecule has 0 spiro atoms. The van der Waals surface area contributed by atoms with E-state index in [9.17, 15) is 19.7 Å². The summed E-state index contributed by atoms with van der Waals surface area (Å²) in [5.41, 5.74) is 1.23. The van der Waals surface area contributed by atoms with Crippen LogP contribution in [-0.4, -0.2) is 38.4 Å². The molecule has 0 saturated carbocycles. The molecule has 0 bridgehead atoms. The normalized spacial score (nSPS) is 10.3. The number of non-ortho nitro benzene ring substituents is 1. The number of ether oxygens (including phenoxy) is 1. The Morgan fingerprint density at radius 1 is 1.11 bits per heavy atom. The van der Waals surface area contributed by atoms with Crippen LogP contribution < -0.4 is 5.32 Å². The molecule has 10 heteroatoms. The molecule has 0 aliphatic heterocycles. The number of amides is 1. The minimum absolute atomic E-state index is 0.0148. The van der Waals surface area contributed by atoms with Crippen molar-refractivity contribution in [1.29, 1.82) is 0 Å². The summed E-state index contributed by atoms with van der Waals surface area (Å²) in [6.45, 7) is -0.0802. The summed E-state index contributed by atoms with van der Waals surface area (Å²) < 4.78 is 6.40. The standard InChI is InChI=1S/C18H15N5O5/c24-17(19-14-6-8-15(9-7-14)23(26)27)12-28-18(25)16-11-22(21-20-16)10-13-4-2-1-3-5-13/h1-9,11H,10,12H2,(H,19,24). The zero-order chi connectivity index (χ0) is 19.9. The third kappa shape index (κ3) is 4.97. The lowest BCUT2D eigenvalue weighted by Crippen LogP contribution is -2.21. The number of nitro benzene ring substituents is 1. The number of nitrogens with zero attached hydrogens (tertiary/aromatic N) is 4. The minimum atomic E-state index is -0.779. The van der Waals surface area contributed by atoms with Crippen LogP contribution in [0, 0.1) is 10.1 Å². The van der Waals surface area contributed by atoms with Crippen molar-refractivity contribution >= 4 is 23.3 Å². The number of aromatic nitrogens is 3. The maximum absolute atomic E-state index is 12.0. The van der Waals surface area contributed by atoms with Crippen LogP contribution in [0.1, 0.15) is 16.1 Å². The highest BCUT2D eigenvalue weighted by molar-refractivity contribution is 5.94. The van der Waals surface area contributed by atoms with E-state index in [2.05, 4.69) is 15.6 Å². The first kappa shape index (κ1) is 18.7. The fourth-order valence-corrected chi connectivity index (χ4v) is 2.31. The van der Waals surface area contributed by atoms with E-state index in [1.54, 1.807) is 0 Å². The van der Waals surface area contributed by atoms with E-state index in [4.69, 9.17) is 4.74 Å². The third-order valence-corrected chi connectivity index (χ3v) is 3.63. The molecular weight excluding hydrogens is 366 g/mol. The van der Waals surface area contributed by atoms with E-state index in [1.807, 2.05) is 30.3 Å². The number of carbonyl (C=O) groups excluding carboxylic acids is 2. The predicted octanol–water partition coefficient (Wildman–Crippen LogP) is 2.03. The third-order valence-electron chi connectivity index (χ3n) is 3.63. The van der Waals surface area contributed by atoms with Crippen molar-refractivity contribution < 1.29 is 19.2 Å². The van der Waals surface area contributed by atoms with Crippen molar-refractivity contribution in [3.8, 4) is 0 Å². The highest BCUT2D eigenvalue weighted by Gasteiger charge is 2.15. The number of esters is 1. The molecule has 0 aliphatic rings. The molecule has 0 saturated heterocycles. The van der Waals surface area contributed by atoms with E-state index < -0.39 is 23.4 Å². The molecule has 1 aromatic heterocycles. The van der Waals surface area contributed by atoms with E-state index >= 15 is 0 Å². The molecule has 2 aromatic carbocycles. The molecular formula is C18H15N5O5. The van der Waals surface area contributed by atoms with Gasteiger partial charge in [-0.15, -0.1) is 5.10 Å². The first-order chi connectivity index (χ1) is 13.5. The Balaban J connectivity index is 1.49. The quantitative estimate of drug-likeness (QED) is 0.376. The molecule has 10 nitrogen and oxygen atoms in total. The fourth-order valence-electron chi connectivity index (χ4n) is 2.31. The molecule has 1 heterocycles. The van der Waals surface area contributed by atoms with Gasteiger partial charge >= 0.3 is 5.97 Å². The van der Waals surface area contributed by atoms with Gasteiger partial charge in [0.2, 0.25) is 0 Å². The molecule has 28 heavy (non-hydrogen) atoms. The topological polar surface area (TPSA) is 129 Å². The first-order valence-corrected chi connectivity index (χ1v) is 8.17. The Hall–Kier alpha value is -4.08. The Kier molecular flexibility index (Phi) is 5.70. The molecule has 0 radical (unpaired) electrons. The fraction of sp³-hybridized carbons (Fsp3) is 0.111. The lowest BCUT2D eigenvalue weighted by molar-refractivity contribution is -0.384. The van der Waals surface area contributed by atoms with Crippen molar-refractivity contribution in [2.24, 2.45) is 0 Å². The maximum atomic E-state index is 12.0. The summed E-state index contributed by atoms with van der Waals surface area (Å²) in [7, 11) is 0. The minimum Gasteiger partial charge on any atom is -0.451 e. The van der Waals surface area contributed by atoms with Crippen molar-refractivity contribution in [2.45, 2.75) is 6.54 Å². The van der Waals surface area contributed by atoms with Crippen LogP contribution in [0.2, 0.25) is 0 Å². The van der Waals surface area contributed by atoms with Gasteiger partial charge in [-0.3, -0.25) is 14.9 Å². The van der Waals surface area contributed by atoms with Gasteiger partial charge in [-0.1, -0.05) is 35.5 Å². The largest absolute Gasteiger partial charge is 0.451 e. The number of hydrogen-bond donors (Lipinski definition) is 1. The average Bonchev–Trinajstić information content (AvgIpc) is 3.16. The summed E-state index contributed by atoms with van der Waals surface area (Å²) in [4.78, 5) is 33.9. The molecule has 142 valence electrons. The first-order valence-electron chi connectivity index (χ1n) is 8.17. The van der Waals surface area contributed by atoms with Crippen molar-refractivity contribution in [1.82, 2.24) is 15.0 Å². The van der Waals surface area contributed by atoms with Crippen molar-refractivity contribution in [2.75, 3.05) is 11.9 Å². The number of rotatable bonds is 7. The summed E-state index contributed by atoms with van der Waals surface area (Å²) in [5, 5.41) is 20.7. The smallest absolute Gasteiger partial charge is 0.361 e. The summed E-state index contributed by atoms with van der Waals surface area (Å²) in [5.74, 6) is -1.36. The van der Waals surface area contributed by atoms with Crippen molar-refractivity contribution in [3.63, 3.8) is 0 Å². The molecule has 0 fully saturated rings.